The van der Waals surface area contributed by atoms with E-state index in [4.69, 9.17) is 10.8 Å². The predicted molar refractivity (Wildman–Crippen MR) is 76.2 cm³/mol. The Kier molecular flexibility index (Phi) is 4.50. The summed E-state index contributed by atoms with van der Waals surface area (Å²) in [5, 5.41) is 9.07. The first kappa shape index (κ1) is 15.7. The Morgan fingerprint density at radius 3 is 2.67 bits per heavy atom. The standard InChI is InChI=1S/C13H18N2O5S/c1-20-13(17)11-8-9(14)2-5-12(11)21(18,19)15(6-7-16)10-3-4-10/h2,5,8,10,16H,3-4,6-7,14H2,1H3. The Bertz CT molecular complexity index is 640. The molecule has 3 N–H and O–H groups in total. The summed E-state index contributed by atoms with van der Waals surface area (Å²) >= 11 is 0. The minimum absolute atomic E-state index is 0.00199. The molecule has 116 valence electrons. The normalized spacial score (nSPS) is 15.2. The minimum Gasteiger partial charge on any atom is -0.465 e. The summed E-state index contributed by atoms with van der Waals surface area (Å²) in [6, 6.07) is 3.88. The summed E-state index contributed by atoms with van der Waals surface area (Å²) < 4.78 is 31.3. The van der Waals surface area contributed by atoms with Crippen molar-refractivity contribution in [2.45, 2.75) is 23.8 Å². The number of ether oxygens (including phenoxy) is 1. The number of hydrogen-bond donors (Lipinski definition) is 2. The van der Waals surface area contributed by atoms with Crippen LogP contribution in [-0.4, -0.2) is 50.1 Å². The molecule has 7 nitrogen and oxygen atoms in total. The number of methoxy groups -OCH3 is 1. The lowest BCUT2D eigenvalue weighted by atomic mass is 10.2. The van der Waals surface area contributed by atoms with E-state index in [0.29, 0.717) is 0 Å². The summed E-state index contributed by atoms with van der Waals surface area (Å²) in [4.78, 5) is 11.6. The molecule has 1 aliphatic rings. The average molecular weight is 314 g/mol. The highest BCUT2D eigenvalue weighted by Crippen LogP contribution is 2.33. The number of carbonyl (C=O) groups is 1. The predicted octanol–water partition coefficient (Wildman–Crippen LogP) is 0.201. The van der Waals surface area contributed by atoms with E-state index in [9.17, 15) is 13.2 Å². The third-order valence-corrected chi connectivity index (χ3v) is 5.28. The molecule has 0 heterocycles. The Morgan fingerprint density at radius 1 is 1.48 bits per heavy atom. The van der Waals surface area contributed by atoms with Crippen molar-refractivity contribution in [3.63, 3.8) is 0 Å². The highest BCUT2D eigenvalue weighted by molar-refractivity contribution is 7.89. The Morgan fingerprint density at radius 2 is 2.14 bits per heavy atom. The van der Waals surface area contributed by atoms with E-state index in [1.54, 1.807) is 0 Å². The summed E-state index contributed by atoms with van der Waals surface area (Å²) in [7, 11) is -2.71. The fourth-order valence-corrected chi connectivity index (χ4v) is 3.97. The molecule has 2 rings (SSSR count). The first-order chi connectivity index (χ1) is 9.91. The smallest absolute Gasteiger partial charge is 0.339 e. The second-order valence-electron chi connectivity index (χ2n) is 4.82. The van der Waals surface area contributed by atoms with Crippen LogP contribution in [0.15, 0.2) is 23.1 Å². The molecule has 1 aliphatic carbocycles. The zero-order valence-corrected chi connectivity index (χ0v) is 12.5. The number of aliphatic hydroxyl groups is 1. The van der Waals surface area contributed by atoms with Crippen molar-refractivity contribution in [2.75, 3.05) is 26.0 Å². The van der Waals surface area contributed by atoms with Crippen LogP contribution in [0.4, 0.5) is 5.69 Å². The maximum absolute atomic E-state index is 12.7. The second kappa shape index (κ2) is 6.00. The van der Waals surface area contributed by atoms with E-state index in [0.717, 1.165) is 12.8 Å². The highest BCUT2D eigenvalue weighted by atomic mass is 32.2. The third kappa shape index (κ3) is 3.17. The molecular weight excluding hydrogens is 296 g/mol. The highest BCUT2D eigenvalue weighted by Gasteiger charge is 2.39. The number of nitrogens with zero attached hydrogens (tertiary/aromatic N) is 1. The van der Waals surface area contributed by atoms with E-state index in [-0.39, 0.29) is 35.3 Å². The van der Waals surface area contributed by atoms with Crippen LogP contribution < -0.4 is 5.73 Å². The monoisotopic (exact) mass is 314 g/mol. The molecule has 0 saturated heterocycles. The second-order valence-corrected chi connectivity index (χ2v) is 6.68. The van der Waals surface area contributed by atoms with E-state index in [2.05, 4.69) is 4.74 Å². The van der Waals surface area contributed by atoms with Crippen LogP contribution in [0.1, 0.15) is 23.2 Å². The van der Waals surface area contributed by atoms with Gasteiger partial charge in [-0.2, -0.15) is 4.31 Å². The van der Waals surface area contributed by atoms with Gasteiger partial charge in [0.15, 0.2) is 0 Å². The van der Waals surface area contributed by atoms with Crippen LogP contribution in [0.25, 0.3) is 0 Å². The lowest BCUT2D eigenvalue weighted by molar-refractivity contribution is 0.0596. The molecule has 1 saturated carbocycles. The van der Waals surface area contributed by atoms with Crippen LogP contribution in [0, 0.1) is 0 Å². The molecular formula is C13H18N2O5S. The van der Waals surface area contributed by atoms with Gasteiger partial charge >= 0.3 is 5.97 Å². The van der Waals surface area contributed by atoms with Gasteiger partial charge in [-0.1, -0.05) is 0 Å². The average Bonchev–Trinajstić information content (AvgIpc) is 3.27. The van der Waals surface area contributed by atoms with Crippen molar-refractivity contribution in [3.8, 4) is 0 Å². The fraction of sp³-hybridized carbons (Fsp3) is 0.462. The van der Waals surface area contributed by atoms with Gasteiger partial charge in [-0.25, -0.2) is 13.2 Å². The quantitative estimate of drug-likeness (QED) is 0.573. The van der Waals surface area contributed by atoms with E-state index >= 15 is 0 Å². The van der Waals surface area contributed by atoms with Gasteiger partial charge in [-0.3, -0.25) is 0 Å². The van der Waals surface area contributed by atoms with Gasteiger partial charge in [-0.05, 0) is 31.0 Å². The molecule has 1 fully saturated rings. The molecule has 0 radical (unpaired) electrons. The van der Waals surface area contributed by atoms with Gasteiger partial charge in [0.05, 0.1) is 24.2 Å². The number of rotatable bonds is 6. The molecule has 0 aromatic heterocycles. The minimum atomic E-state index is -3.89. The Hall–Kier alpha value is -1.64. The Labute approximate surface area is 123 Å². The first-order valence-corrected chi connectivity index (χ1v) is 7.96. The summed E-state index contributed by atoms with van der Waals surface area (Å²) in [6.07, 6.45) is 1.50. The molecule has 0 amide bonds. The number of anilines is 1. The fourth-order valence-electron chi connectivity index (χ4n) is 2.13. The number of nitrogens with two attached hydrogens (primary N) is 1. The van der Waals surface area contributed by atoms with E-state index in [1.165, 1.54) is 29.6 Å². The summed E-state index contributed by atoms with van der Waals surface area (Å²) in [5.74, 6) is -0.763. The molecule has 0 aliphatic heterocycles. The van der Waals surface area contributed by atoms with Crippen molar-refractivity contribution in [3.05, 3.63) is 23.8 Å². The van der Waals surface area contributed by atoms with Crippen molar-refractivity contribution in [2.24, 2.45) is 0 Å². The molecule has 0 atom stereocenters. The molecule has 0 unspecified atom stereocenters. The maximum Gasteiger partial charge on any atom is 0.339 e. The topological polar surface area (TPSA) is 110 Å². The zero-order chi connectivity index (χ0) is 15.6. The third-order valence-electron chi connectivity index (χ3n) is 3.27. The van der Waals surface area contributed by atoms with Gasteiger partial charge in [0.25, 0.3) is 0 Å². The van der Waals surface area contributed by atoms with Gasteiger partial charge in [-0.15, -0.1) is 0 Å². The van der Waals surface area contributed by atoms with E-state index < -0.39 is 16.0 Å². The van der Waals surface area contributed by atoms with Crippen LogP contribution in [0.2, 0.25) is 0 Å². The summed E-state index contributed by atoms with van der Waals surface area (Å²) in [5.41, 5.74) is 5.79. The van der Waals surface area contributed by atoms with Crippen LogP contribution in [0.5, 0.6) is 0 Å². The number of sulfonamides is 1. The van der Waals surface area contributed by atoms with Crippen molar-refractivity contribution in [1.82, 2.24) is 4.31 Å². The molecule has 1 aromatic carbocycles. The number of hydrogen-bond acceptors (Lipinski definition) is 6. The molecule has 0 bridgehead atoms. The van der Waals surface area contributed by atoms with E-state index in [1.807, 2.05) is 0 Å². The van der Waals surface area contributed by atoms with Crippen molar-refractivity contribution >= 4 is 21.7 Å². The van der Waals surface area contributed by atoms with Crippen LogP contribution in [-0.2, 0) is 14.8 Å². The largest absolute Gasteiger partial charge is 0.465 e. The molecule has 21 heavy (non-hydrogen) atoms. The van der Waals surface area contributed by atoms with Crippen molar-refractivity contribution < 1.29 is 23.1 Å². The number of aliphatic hydroxyl groups excluding tert-OH is 1. The van der Waals surface area contributed by atoms with Gasteiger partial charge in [0.2, 0.25) is 10.0 Å². The molecule has 0 spiro atoms. The summed E-state index contributed by atoms with van der Waals surface area (Å²) in [6.45, 7) is -0.281. The molecule has 8 heteroatoms. The molecule has 1 aromatic rings. The zero-order valence-electron chi connectivity index (χ0n) is 11.7. The van der Waals surface area contributed by atoms with Crippen LogP contribution in [0.3, 0.4) is 0 Å². The number of carbonyl (C=O) groups excluding carboxylic acids is 1. The maximum atomic E-state index is 12.7. The lowest BCUT2D eigenvalue weighted by Gasteiger charge is -2.22. The number of benzene rings is 1. The number of nitrogen functional groups attached to an aromatic ring is 1. The van der Waals surface area contributed by atoms with Crippen molar-refractivity contribution in [1.29, 1.82) is 0 Å². The van der Waals surface area contributed by atoms with Gasteiger partial charge in [0, 0.05) is 18.3 Å². The Balaban J connectivity index is 2.50. The van der Waals surface area contributed by atoms with Gasteiger partial charge < -0.3 is 15.6 Å². The lowest BCUT2D eigenvalue weighted by Crippen LogP contribution is -2.36. The number of esters is 1. The van der Waals surface area contributed by atoms with Crippen LogP contribution >= 0.6 is 0 Å². The van der Waals surface area contributed by atoms with Gasteiger partial charge in [0.1, 0.15) is 0 Å². The first-order valence-electron chi connectivity index (χ1n) is 6.52. The SMILES string of the molecule is COC(=O)c1cc(N)ccc1S(=O)(=O)N(CCO)C1CC1.